The molecule has 0 aliphatic rings. The maximum absolute atomic E-state index is 12.5. The Balaban J connectivity index is 1.74. The predicted molar refractivity (Wildman–Crippen MR) is 93.3 cm³/mol. The van der Waals surface area contributed by atoms with Crippen LogP contribution in [0, 0.1) is 0 Å². The summed E-state index contributed by atoms with van der Waals surface area (Å²) >= 11 is 0. The number of benzene rings is 2. The summed E-state index contributed by atoms with van der Waals surface area (Å²) in [5, 5.41) is 21.9. The number of carbonyl (C=O) groups excluding carboxylic acids is 1. The Bertz CT molecular complexity index is 988. The molecular formula is C17H14F3N5O4. The average molecular weight is 409 g/mol. The van der Waals surface area contributed by atoms with Gasteiger partial charge < -0.3 is 4.74 Å². The van der Waals surface area contributed by atoms with Gasteiger partial charge in [-0.05, 0) is 48.5 Å². The molecule has 0 aliphatic heterocycles. The molecule has 0 fully saturated rings. The summed E-state index contributed by atoms with van der Waals surface area (Å²) in [6.45, 7) is 0. The van der Waals surface area contributed by atoms with Crippen LogP contribution >= 0.6 is 0 Å². The van der Waals surface area contributed by atoms with E-state index in [0.717, 1.165) is 12.1 Å². The number of anilines is 2. The minimum atomic E-state index is -4.78. The number of rotatable bonds is 5. The zero-order chi connectivity index (χ0) is 21.2. The molecule has 0 saturated carbocycles. The molecule has 0 radical (unpaired) electrons. The molecule has 0 aliphatic carbocycles. The first-order valence-corrected chi connectivity index (χ1v) is 7.98. The summed E-state index contributed by atoms with van der Waals surface area (Å²) in [5.74, 6) is -0.770. The van der Waals surface area contributed by atoms with Crippen LogP contribution in [0.25, 0.3) is 5.69 Å². The molecule has 2 aromatic carbocycles. The van der Waals surface area contributed by atoms with E-state index in [1.54, 1.807) is 0 Å². The first kappa shape index (κ1) is 20.1. The Kier molecular flexibility index (Phi) is 5.39. The number of hydrogen-bond acceptors (Lipinski definition) is 7. The van der Waals surface area contributed by atoms with Crippen molar-refractivity contribution in [3.63, 3.8) is 0 Å². The molecule has 3 aromatic rings. The van der Waals surface area contributed by atoms with Crippen molar-refractivity contribution in [1.29, 1.82) is 0 Å². The molecule has 0 saturated heterocycles. The van der Waals surface area contributed by atoms with E-state index in [1.807, 2.05) is 0 Å². The van der Waals surface area contributed by atoms with Crippen LogP contribution in [0.4, 0.5) is 24.8 Å². The highest BCUT2D eigenvalue weighted by Crippen LogP contribution is 2.24. The molecule has 0 spiro atoms. The Morgan fingerprint density at radius 2 is 1.69 bits per heavy atom. The topological polar surface area (TPSA) is 104 Å². The number of ether oxygens (including phenoxy) is 1. The number of amides is 1. The monoisotopic (exact) mass is 409 g/mol. The van der Waals surface area contributed by atoms with E-state index in [-0.39, 0.29) is 28.2 Å². The first-order valence-electron chi connectivity index (χ1n) is 7.98. The second kappa shape index (κ2) is 7.77. The summed E-state index contributed by atoms with van der Waals surface area (Å²) < 4.78 is 41.8. The summed E-state index contributed by atoms with van der Waals surface area (Å²) in [6.07, 6.45) is -3.48. The molecule has 0 unspecified atom stereocenters. The van der Waals surface area contributed by atoms with Crippen LogP contribution in [0.2, 0.25) is 0 Å². The lowest BCUT2D eigenvalue weighted by Gasteiger charge is -2.14. The van der Waals surface area contributed by atoms with Gasteiger partial charge in [0.2, 0.25) is 0 Å². The third kappa shape index (κ3) is 4.80. The van der Waals surface area contributed by atoms with Gasteiger partial charge in [0.1, 0.15) is 12.1 Å². The van der Waals surface area contributed by atoms with Crippen molar-refractivity contribution >= 4 is 17.5 Å². The summed E-state index contributed by atoms with van der Waals surface area (Å²) in [5.41, 5.74) is 0.738. The number of carbonyl (C=O) groups is 1. The maximum atomic E-state index is 12.5. The summed E-state index contributed by atoms with van der Waals surface area (Å²) in [6, 6.07) is 10.4. The van der Waals surface area contributed by atoms with Gasteiger partial charge in [0.25, 0.3) is 11.9 Å². The smallest absolute Gasteiger partial charge is 0.406 e. The van der Waals surface area contributed by atoms with Crippen molar-refractivity contribution in [2.75, 3.05) is 17.2 Å². The number of alkyl halides is 3. The molecule has 1 amide bonds. The van der Waals surface area contributed by atoms with Gasteiger partial charge in [-0.2, -0.15) is 4.98 Å². The van der Waals surface area contributed by atoms with Crippen molar-refractivity contribution in [2.24, 2.45) is 0 Å². The van der Waals surface area contributed by atoms with Crippen LogP contribution in [-0.4, -0.2) is 44.5 Å². The fraction of sp³-hybridized carbons (Fsp3) is 0.118. The normalized spacial score (nSPS) is 11.2. The largest absolute Gasteiger partial charge is 0.573 e. The van der Waals surface area contributed by atoms with Crippen molar-refractivity contribution in [3.05, 3.63) is 60.4 Å². The molecular weight excluding hydrogens is 395 g/mol. The molecule has 0 atom stereocenters. The van der Waals surface area contributed by atoms with Crippen molar-refractivity contribution in [3.8, 4) is 11.4 Å². The molecule has 3 rings (SSSR count). The van der Waals surface area contributed by atoms with E-state index < -0.39 is 12.3 Å². The van der Waals surface area contributed by atoms with Crippen molar-refractivity contribution < 1.29 is 33.1 Å². The van der Waals surface area contributed by atoms with Gasteiger partial charge in [-0.1, -0.05) is 0 Å². The first-order chi connectivity index (χ1) is 13.6. The van der Waals surface area contributed by atoms with E-state index in [1.165, 1.54) is 59.4 Å². The van der Waals surface area contributed by atoms with Gasteiger partial charge in [-0.3, -0.25) is 20.1 Å². The maximum Gasteiger partial charge on any atom is 0.573 e. The molecule has 152 valence electrons. The van der Waals surface area contributed by atoms with Crippen molar-refractivity contribution in [1.82, 2.24) is 14.8 Å². The molecule has 1 heterocycles. The average Bonchev–Trinajstić information content (AvgIpc) is 3.16. The fourth-order valence-electron chi connectivity index (χ4n) is 2.35. The zero-order valence-electron chi connectivity index (χ0n) is 14.8. The Morgan fingerprint density at radius 3 is 2.24 bits per heavy atom. The lowest BCUT2D eigenvalue weighted by atomic mass is 10.2. The standard InChI is InChI=1S/C17H14F3N5O4/c1-23(15(26)11-2-4-13(5-3-11)25(27)28)16-21-10-24(22-16)12-6-8-14(9-7-12)29-17(18,19)20/h2-10,27-28H,1H3. The van der Waals surface area contributed by atoms with Crippen LogP contribution in [0.3, 0.4) is 0 Å². The van der Waals surface area contributed by atoms with E-state index in [9.17, 15) is 18.0 Å². The van der Waals surface area contributed by atoms with Gasteiger partial charge >= 0.3 is 6.36 Å². The second-order valence-electron chi connectivity index (χ2n) is 5.73. The van der Waals surface area contributed by atoms with Gasteiger partial charge in [-0.15, -0.1) is 23.5 Å². The van der Waals surface area contributed by atoms with Crippen LogP contribution in [0.15, 0.2) is 54.9 Å². The molecule has 29 heavy (non-hydrogen) atoms. The van der Waals surface area contributed by atoms with Gasteiger partial charge in [0, 0.05) is 12.6 Å². The third-order valence-corrected chi connectivity index (χ3v) is 3.76. The quantitative estimate of drug-likeness (QED) is 0.624. The van der Waals surface area contributed by atoms with Crippen LogP contribution < -0.4 is 14.9 Å². The Morgan fingerprint density at radius 1 is 1.07 bits per heavy atom. The molecule has 0 bridgehead atoms. The molecule has 9 nitrogen and oxygen atoms in total. The third-order valence-electron chi connectivity index (χ3n) is 3.76. The minimum Gasteiger partial charge on any atom is -0.406 e. The molecule has 2 N–H and O–H groups in total. The van der Waals surface area contributed by atoms with Crippen LogP contribution in [0.1, 0.15) is 10.4 Å². The van der Waals surface area contributed by atoms with E-state index in [2.05, 4.69) is 14.8 Å². The van der Waals surface area contributed by atoms with Crippen LogP contribution in [0.5, 0.6) is 5.75 Å². The van der Waals surface area contributed by atoms with Gasteiger partial charge in [0.15, 0.2) is 0 Å². The summed E-state index contributed by atoms with van der Waals surface area (Å²) in [4.78, 5) is 17.7. The predicted octanol–water partition coefficient (Wildman–Crippen LogP) is 3.03. The summed E-state index contributed by atoms with van der Waals surface area (Å²) in [7, 11) is 1.45. The Labute approximate surface area is 161 Å². The second-order valence-corrected chi connectivity index (χ2v) is 5.73. The van der Waals surface area contributed by atoms with E-state index >= 15 is 0 Å². The van der Waals surface area contributed by atoms with Gasteiger partial charge in [0.05, 0.1) is 11.4 Å². The lowest BCUT2D eigenvalue weighted by Crippen LogP contribution is -2.27. The van der Waals surface area contributed by atoms with Crippen LogP contribution in [-0.2, 0) is 0 Å². The lowest BCUT2D eigenvalue weighted by molar-refractivity contribution is -0.274. The number of aromatic nitrogens is 3. The fourth-order valence-corrected chi connectivity index (χ4v) is 2.35. The Hall–Kier alpha value is -3.64. The minimum absolute atomic E-state index is 0.0561. The number of halogens is 3. The highest BCUT2D eigenvalue weighted by atomic mass is 19.4. The highest BCUT2D eigenvalue weighted by Gasteiger charge is 2.31. The van der Waals surface area contributed by atoms with E-state index in [0.29, 0.717) is 5.69 Å². The zero-order valence-corrected chi connectivity index (χ0v) is 14.8. The highest BCUT2D eigenvalue weighted by molar-refractivity contribution is 6.04. The number of nitrogens with zero attached hydrogens (tertiary/aromatic N) is 5. The molecule has 1 aromatic heterocycles. The SMILES string of the molecule is CN(C(=O)c1ccc(N(O)O)cc1)c1ncn(-c2ccc(OC(F)(F)F)cc2)n1. The molecule has 12 heteroatoms. The van der Waals surface area contributed by atoms with Gasteiger partial charge in [-0.25, -0.2) is 4.68 Å². The number of hydrogen-bond donors (Lipinski definition) is 2. The van der Waals surface area contributed by atoms with E-state index in [4.69, 9.17) is 10.4 Å². The van der Waals surface area contributed by atoms with Crippen molar-refractivity contribution in [2.45, 2.75) is 6.36 Å².